The topological polar surface area (TPSA) is 75.9 Å². The first kappa shape index (κ1) is 23.8. The lowest BCUT2D eigenvalue weighted by molar-refractivity contribution is -0.138. The molecule has 0 atom stereocenters. The molecule has 184 valence electrons. The molecule has 2 aromatic heterocycles. The highest BCUT2D eigenvalue weighted by Crippen LogP contribution is 2.40. The summed E-state index contributed by atoms with van der Waals surface area (Å²) in [4.78, 5) is 19.0. The van der Waals surface area contributed by atoms with Crippen LogP contribution in [0.15, 0.2) is 54.9 Å². The van der Waals surface area contributed by atoms with E-state index in [1.54, 1.807) is 36.1 Å². The van der Waals surface area contributed by atoms with E-state index >= 15 is 0 Å². The molecule has 1 aliphatic heterocycles. The summed E-state index contributed by atoms with van der Waals surface area (Å²) in [5, 5.41) is 11.8. The van der Waals surface area contributed by atoms with Crippen molar-refractivity contribution < 1.29 is 18.0 Å². The minimum Gasteiger partial charge on any atom is -0.370 e. The van der Waals surface area contributed by atoms with Crippen molar-refractivity contribution in [2.75, 3.05) is 16.8 Å². The van der Waals surface area contributed by atoms with E-state index in [1.807, 2.05) is 19.1 Å². The molecule has 0 fully saturated rings. The average molecular weight is 513 g/mol. The Hall–Kier alpha value is -3.92. The number of hydrogen-bond acceptors (Lipinski definition) is 5. The van der Waals surface area contributed by atoms with Crippen LogP contribution >= 0.6 is 11.6 Å². The molecule has 1 N–H and O–H groups in total. The summed E-state index contributed by atoms with van der Waals surface area (Å²) >= 11 is 6.28. The van der Waals surface area contributed by atoms with Crippen LogP contribution in [0.1, 0.15) is 28.4 Å². The molecular weight excluding hydrogens is 493 g/mol. The van der Waals surface area contributed by atoms with Gasteiger partial charge in [0.2, 0.25) is 0 Å². The Morgan fingerprint density at radius 2 is 1.89 bits per heavy atom. The number of pyridine rings is 1. The number of rotatable bonds is 5. The van der Waals surface area contributed by atoms with Crippen molar-refractivity contribution in [1.29, 1.82) is 0 Å². The Morgan fingerprint density at radius 3 is 2.58 bits per heavy atom. The van der Waals surface area contributed by atoms with E-state index < -0.39 is 17.6 Å². The maximum Gasteiger partial charge on any atom is 0.416 e. The predicted octanol–water partition coefficient (Wildman–Crippen LogP) is 5.81. The summed E-state index contributed by atoms with van der Waals surface area (Å²) in [6.07, 6.45) is -3.00. The van der Waals surface area contributed by atoms with Gasteiger partial charge in [0.15, 0.2) is 5.82 Å². The van der Waals surface area contributed by atoms with Crippen LogP contribution in [0.4, 0.5) is 24.8 Å². The Kier molecular flexibility index (Phi) is 5.91. The quantitative estimate of drug-likeness (QED) is 0.365. The molecule has 0 aliphatic carbocycles. The second-order valence-corrected chi connectivity index (χ2v) is 8.74. The normalized spacial score (nSPS) is 13.3. The lowest BCUT2D eigenvalue weighted by Crippen LogP contribution is -2.24. The lowest BCUT2D eigenvalue weighted by Gasteiger charge is -2.19. The molecule has 1 amide bonds. The van der Waals surface area contributed by atoms with Gasteiger partial charge in [-0.3, -0.25) is 9.69 Å². The van der Waals surface area contributed by atoms with Crippen LogP contribution in [-0.4, -0.2) is 32.2 Å². The highest BCUT2D eigenvalue weighted by atomic mass is 35.5. The van der Waals surface area contributed by atoms with Gasteiger partial charge < -0.3 is 9.88 Å². The molecule has 0 spiro atoms. The summed E-state index contributed by atoms with van der Waals surface area (Å²) in [5.74, 6) is 0.753. The van der Waals surface area contributed by atoms with Crippen LogP contribution in [0, 0.1) is 0 Å². The molecule has 7 nitrogen and oxygen atoms in total. The van der Waals surface area contributed by atoms with E-state index in [4.69, 9.17) is 11.6 Å². The fraction of sp³-hybridized carbons (Fsp3) is 0.200. The molecule has 0 saturated heterocycles. The number of benzene rings is 2. The number of amides is 1. The Bertz CT molecular complexity index is 1480. The number of carbonyl (C=O) groups excluding carboxylic acids is 1. The zero-order valence-electron chi connectivity index (χ0n) is 19.3. The van der Waals surface area contributed by atoms with Crippen LogP contribution in [0.3, 0.4) is 0 Å². The predicted molar refractivity (Wildman–Crippen MR) is 131 cm³/mol. The number of nitrogens with one attached hydrogen (secondary N) is 1. The molecule has 0 bridgehead atoms. The molecule has 1 aliphatic rings. The molecule has 0 unspecified atom stereocenters. The monoisotopic (exact) mass is 512 g/mol. The summed E-state index contributed by atoms with van der Waals surface area (Å²) in [5.41, 5.74) is 1.29. The SMILES string of the molecule is CCNc1cc(-c2ccc(Cl)cc2-c2nncn2C)cc(N2Cc3c(cccc3C(F)(F)F)C2=O)n1. The number of nitrogens with zero attached hydrogens (tertiary/aromatic N) is 5. The molecule has 36 heavy (non-hydrogen) atoms. The van der Waals surface area contributed by atoms with Crippen LogP contribution < -0.4 is 10.2 Å². The van der Waals surface area contributed by atoms with Crippen molar-refractivity contribution in [1.82, 2.24) is 19.7 Å². The van der Waals surface area contributed by atoms with E-state index in [0.717, 1.165) is 11.6 Å². The van der Waals surface area contributed by atoms with Crippen molar-refractivity contribution in [2.45, 2.75) is 19.6 Å². The molecule has 5 rings (SSSR count). The van der Waals surface area contributed by atoms with Crippen LogP contribution in [0.2, 0.25) is 5.02 Å². The Balaban J connectivity index is 1.64. The lowest BCUT2D eigenvalue weighted by atomic mass is 9.99. The van der Waals surface area contributed by atoms with E-state index in [9.17, 15) is 18.0 Å². The van der Waals surface area contributed by atoms with E-state index in [1.165, 1.54) is 17.0 Å². The summed E-state index contributed by atoms with van der Waals surface area (Å²) in [6, 6.07) is 12.5. The van der Waals surface area contributed by atoms with E-state index in [2.05, 4.69) is 20.5 Å². The van der Waals surface area contributed by atoms with Crippen molar-refractivity contribution in [3.05, 3.63) is 76.6 Å². The summed E-state index contributed by atoms with van der Waals surface area (Å²) in [7, 11) is 1.81. The number of carbonyl (C=O) groups is 1. The van der Waals surface area contributed by atoms with Gasteiger partial charge >= 0.3 is 6.18 Å². The molecule has 0 radical (unpaired) electrons. The number of fused-ring (bicyclic) bond motifs is 1. The molecule has 0 saturated carbocycles. The number of alkyl halides is 3. The summed E-state index contributed by atoms with van der Waals surface area (Å²) in [6.45, 7) is 2.22. The Labute approximate surface area is 209 Å². The van der Waals surface area contributed by atoms with Gasteiger partial charge in [-0.2, -0.15) is 13.2 Å². The zero-order valence-corrected chi connectivity index (χ0v) is 20.0. The van der Waals surface area contributed by atoms with Gasteiger partial charge in [0, 0.05) is 29.7 Å². The third-order valence-corrected chi connectivity index (χ3v) is 6.20. The summed E-state index contributed by atoms with van der Waals surface area (Å²) < 4.78 is 42.6. The number of aryl methyl sites for hydroxylation is 1. The van der Waals surface area contributed by atoms with Gasteiger partial charge in [-0.05, 0) is 60.0 Å². The standard InChI is InChI=1S/C25H20ClF3N6O/c1-3-30-21-9-14(16-8-7-15(26)11-18(16)23-33-31-13-34(23)2)10-22(32-21)35-12-19-17(24(35)36)5-4-6-20(19)25(27,28)29/h4-11,13H,3,12H2,1-2H3,(H,30,32). The number of anilines is 2. The maximum absolute atomic E-state index is 13.6. The third kappa shape index (κ3) is 4.17. The van der Waals surface area contributed by atoms with Crippen molar-refractivity contribution in [2.24, 2.45) is 7.05 Å². The molecule has 4 aromatic rings. The van der Waals surface area contributed by atoms with Crippen molar-refractivity contribution in [3.8, 4) is 22.5 Å². The van der Waals surface area contributed by atoms with Gasteiger partial charge in [-0.1, -0.05) is 23.7 Å². The number of hydrogen-bond donors (Lipinski definition) is 1. The van der Waals surface area contributed by atoms with Gasteiger partial charge in [0.05, 0.1) is 12.1 Å². The second-order valence-electron chi connectivity index (χ2n) is 8.31. The molecule has 2 aromatic carbocycles. The van der Waals surface area contributed by atoms with Gasteiger partial charge in [0.1, 0.15) is 18.0 Å². The minimum absolute atomic E-state index is 0.0216. The molecule has 11 heteroatoms. The van der Waals surface area contributed by atoms with Crippen molar-refractivity contribution >= 4 is 29.1 Å². The van der Waals surface area contributed by atoms with Gasteiger partial charge in [-0.15, -0.1) is 10.2 Å². The smallest absolute Gasteiger partial charge is 0.370 e. The zero-order chi connectivity index (χ0) is 25.6. The first-order valence-electron chi connectivity index (χ1n) is 11.1. The minimum atomic E-state index is -4.57. The fourth-order valence-corrected chi connectivity index (χ4v) is 4.52. The fourth-order valence-electron chi connectivity index (χ4n) is 4.35. The molecule has 3 heterocycles. The number of halogens is 4. The highest BCUT2D eigenvalue weighted by molar-refractivity contribution is 6.31. The maximum atomic E-state index is 13.6. The third-order valence-electron chi connectivity index (χ3n) is 5.96. The van der Waals surface area contributed by atoms with Crippen molar-refractivity contribution in [3.63, 3.8) is 0 Å². The first-order chi connectivity index (χ1) is 17.2. The number of aromatic nitrogens is 4. The van der Waals surface area contributed by atoms with Crippen LogP contribution in [-0.2, 0) is 19.8 Å². The largest absolute Gasteiger partial charge is 0.416 e. The van der Waals surface area contributed by atoms with Gasteiger partial charge in [-0.25, -0.2) is 4.98 Å². The van der Waals surface area contributed by atoms with Gasteiger partial charge in [0.25, 0.3) is 5.91 Å². The highest BCUT2D eigenvalue weighted by Gasteiger charge is 2.40. The van der Waals surface area contributed by atoms with E-state index in [-0.39, 0.29) is 23.5 Å². The van der Waals surface area contributed by atoms with Crippen LogP contribution in [0.25, 0.3) is 22.5 Å². The Morgan fingerprint density at radius 1 is 1.08 bits per heavy atom. The second kappa shape index (κ2) is 8.94. The van der Waals surface area contributed by atoms with Crippen LogP contribution in [0.5, 0.6) is 0 Å². The molecular formula is C25H20ClF3N6O. The first-order valence-corrected chi connectivity index (χ1v) is 11.5. The average Bonchev–Trinajstić information content (AvgIpc) is 3.41. The van der Waals surface area contributed by atoms with E-state index in [0.29, 0.717) is 34.3 Å².